The van der Waals surface area contributed by atoms with Crippen molar-refractivity contribution in [2.75, 3.05) is 0 Å². The first-order chi connectivity index (χ1) is 9.12. The van der Waals surface area contributed by atoms with E-state index in [4.69, 9.17) is 9.47 Å². The largest absolute Gasteiger partial charge is 0.861 e. The third-order valence-electron chi connectivity index (χ3n) is 3.63. The molecule has 3 aliphatic rings. The predicted molar refractivity (Wildman–Crippen MR) is 52.5 cm³/mol. The van der Waals surface area contributed by atoms with Gasteiger partial charge in [-0.15, -0.1) is 0 Å². The smallest absolute Gasteiger partial charge is 0.518 e. The molecule has 11 heteroatoms. The molecule has 0 aromatic carbocycles. The van der Waals surface area contributed by atoms with Crippen molar-refractivity contribution in [3.8, 4) is 0 Å². The lowest BCUT2D eigenvalue weighted by Gasteiger charge is -2.26. The minimum atomic E-state index is -5.92. The van der Waals surface area contributed by atoms with E-state index < -0.39 is 57.5 Å². The van der Waals surface area contributed by atoms with Crippen LogP contribution in [0, 0.1) is 11.8 Å². The minimum absolute atomic E-state index is 0.158. The van der Waals surface area contributed by atoms with Crippen molar-refractivity contribution in [1.82, 2.24) is 0 Å². The molecule has 7 nitrogen and oxygen atoms in total. The molecule has 3 aliphatic heterocycles. The van der Waals surface area contributed by atoms with E-state index in [0.717, 1.165) is 0 Å². The summed E-state index contributed by atoms with van der Waals surface area (Å²) in [6.45, 7) is 0. The molecule has 3 fully saturated rings. The van der Waals surface area contributed by atoms with Crippen LogP contribution in [0.4, 0.5) is 13.2 Å². The summed E-state index contributed by atoms with van der Waals surface area (Å²) in [7, 11) is -5.92. The van der Waals surface area contributed by atoms with Gasteiger partial charge in [-0.1, -0.05) is 0 Å². The summed E-state index contributed by atoms with van der Waals surface area (Å²) >= 11 is 0. The van der Waals surface area contributed by atoms with Gasteiger partial charge in [0.05, 0.1) is 12.0 Å². The number of halogens is 3. The molecule has 2 bridgehead atoms. The second kappa shape index (κ2) is 3.85. The fourth-order valence-electron chi connectivity index (χ4n) is 2.86. The van der Waals surface area contributed by atoms with Crippen LogP contribution in [0.3, 0.4) is 0 Å². The quantitative estimate of drug-likeness (QED) is 0.365. The molecule has 112 valence electrons. The summed E-state index contributed by atoms with van der Waals surface area (Å²) in [5.41, 5.74) is -5.65. The van der Waals surface area contributed by atoms with Crippen LogP contribution in [0.5, 0.6) is 0 Å². The van der Waals surface area contributed by atoms with Crippen LogP contribution in [0.25, 0.3) is 0 Å². The number of alkyl halides is 3. The first-order valence-electron chi connectivity index (χ1n) is 5.56. The zero-order chi connectivity index (χ0) is 14.9. The van der Waals surface area contributed by atoms with Gasteiger partial charge in [-0.2, -0.15) is 26.0 Å². The van der Waals surface area contributed by atoms with E-state index in [1.54, 1.807) is 0 Å². The van der Waals surface area contributed by atoms with Crippen LogP contribution in [-0.4, -0.2) is 44.1 Å². The van der Waals surface area contributed by atoms with E-state index in [1.807, 2.05) is 0 Å². The topological polar surface area (TPSA) is 105 Å². The maximum Gasteiger partial charge on any atom is 0.518 e. The monoisotopic (exact) mass is 314 g/mol. The van der Waals surface area contributed by atoms with Gasteiger partial charge < -0.3 is 14.6 Å². The summed E-state index contributed by atoms with van der Waals surface area (Å²) in [6, 6.07) is 0. The van der Waals surface area contributed by atoms with Crippen LogP contribution in [0.1, 0.15) is 6.42 Å². The first kappa shape index (κ1) is 13.6. The lowest BCUT2D eigenvalue weighted by Crippen LogP contribution is -2.43. The molecule has 0 amide bonds. The molecule has 0 aromatic heterocycles. The van der Waals surface area contributed by atoms with Gasteiger partial charge in [0.25, 0.3) is 0 Å². The highest BCUT2D eigenvalue weighted by molar-refractivity contribution is 7.91. The van der Waals surface area contributed by atoms with Crippen LogP contribution >= 0.6 is 0 Å². The van der Waals surface area contributed by atoms with E-state index >= 15 is 0 Å². The number of sulfonamides is 1. The Balaban J connectivity index is 1.93. The summed E-state index contributed by atoms with van der Waals surface area (Å²) in [4.78, 5) is 11.5. The number of nitrogens with zero attached hydrogens (tertiary/aromatic N) is 1. The molecule has 0 spiro atoms. The van der Waals surface area contributed by atoms with Gasteiger partial charge in [-0.05, 0) is 5.90 Å². The molecule has 20 heavy (non-hydrogen) atoms. The summed E-state index contributed by atoms with van der Waals surface area (Å²) in [6.07, 6.45) is -1.89. The minimum Gasteiger partial charge on any atom is -0.861 e. The van der Waals surface area contributed by atoms with Crippen molar-refractivity contribution in [2.24, 2.45) is 16.2 Å². The van der Waals surface area contributed by atoms with Crippen molar-refractivity contribution in [3.05, 3.63) is 0 Å². The van der Waals surface area contributed by atoms with Gasteiger partial charge in [0.15, 0.2) is 0 Å². The molecule has 3 saturated heterocycles. The maximum absolute atomic E-state index is 12.2. The molecule has 3 rings (SSSR count). The zero-order valence-corrected chi connectivity index (χ0v) is 10.3. The molecule has 0 N–H and O–H groups in total. The Morgan fingerprint density at radius 1 is 1.35 bits per heavy atom. The number of hydrogen-bond donors (Lipinski definition) is 0. The predicted octanol–water partition coefficient (Wildman–Crippen LogP) is -1.08. The van der Waals surface area contributed by atoms with Gasteiger partial charge in [0, 0.05) is 12.3 Å². The van der Waals surface area contributed by atoms with Gasteiger partial charge in [0.1, 0.15) is 12.2 Å². The normalized spacial score (nSPS) is 40.2. The lowest BCUT2D eigenvalue weighted by molar-refractivity contribution is -0.226. The Kier molecular flexibility index (Phi) is 2.62. The SMILES string of the molecule is O=C1OC2CC3OC2C1C3/C([O-])=N/S(=O)(=O)C(F)(F)F. The molecular formula is C9H7F3NO6S-. The highest BCUT2D eigenvalue weighted by Crippen LogP contribution is 2.49. The van der Waals surface area contributed by atoms with E-state index in [9.17, 15) is 31.5 Å². The first-order valence-corrected chi connectivity index (χ1v) is 7.00. The molecule has 0 saturated carbocycles. The average Bonchev–Trinajstić information content (AvgIpc) is 2.86. The highest BCUT2D eigenvalue weighted by Gasteiger charge is 2.64. The number of rotatable bonds is 2. The van der Waals surface area contributed by atoms with Gasteiger partial charge in [-0.3, -0.25) is 4.79 Å². The van der Waals surface area contributed by atoms with Gasteiger partial charge >= 0.3 is 21.5 Å². The molecule has 3 heterocycles. The third kappa shape index (κ3) is 1.72. The Morgan fingerprint density at radius 2 is 2.00 bits per heavy atom. The maximum atomic E-state index is 12.2. The second-order valence-electron chi connectivity index (χ2n) is 4.75. The van der Waals surface area contributed by atoms with Crippen molar-refractivity contribution < 1.29 is 41.0 Å². The van der Waals surface area contributed by atoms with Crippen LogP contribution in [-0.2, 0) is 24.3 Å². The number of hydrogen-bond acceptors (Lipinski definition) is 6. The zero-order valence-electron chi connectivity index (χ0n) is 9.53. The Hall–Kier alpha value is -1.36. The van der Waals surface area contributed by atoms with Gasteiger partial charge in [0.2, 0.25) is 0 Å². The Labute approximate surface area is 110 Å². The third-order valence-corrected chi connectivity index (χ3v) is 4.64. The van der Waals surface area contributed by atoms with Crippen molar-refractivity contribution in [2.45, 2.75) is 30.2 Å². The van der Waals surface area contributed by atoms with Gasteiger partial charge in [-0.25, -0.2) is 0 Å². The summed E-state index contributed by atoms with van der Waals surface area (Å²) in [5, 5.41) is 11.7. The molecular weight excluding hydrogens is 307 g/mol. The number of carbonyl (C=O) groups excluding carboxylic acids is 1. The standard InChI is InChI=1S/C9H8F3NO6S/c10-9(11,12)20(16,17)13-7(14)4-2-1-3-6(18-2)5(4)8(15)19-3/h2-6H,1H2,(H,13,14)/p-1. The van der Waals surface area contributed by atoms with Crippen LogP contribution < -0.4 is 5.11 Å². The molecule has 5 unspecified atom stereocenters. The van der Waals surface area contributed by atoms with E-state index in [0.29, 0.717) is 0 Å². The highest BCUT2D eigenvalue weighted by atomic mass is 32.2. The molecule has 5 atom stereocenters. The van der Waals surface area contributed by atoms with Crippen molar-refractivity contribution in [1.29, 1.82) is 0 Å². The van der Waals surface area contributed by atoms with E-state index in [1.165, 1.54) is 0 Å². The average molecular weight is 314 g/mol. The Bertz CT molecular complexity index is 597. The fraction of sp³-hybridized carbons (Fsp3) is 0.778. The summed E-state index contributed by atoms with van der Waals surface area (Å²) < 4.78 is 70.6. The second-order valence-corrected chi connectivity index (χ2v) is 6.35. The molecule has 0 aromatic rings. The Morgan fingerprint density at radius 3 is 2.60 bits per heavy atom. The van der Waals surface area contributed by atoms with Crippen LogP contribution in [0.2, 0.25) is 0 Å². The van der Waals surface area contributed by atoms with E-state index in [2.05, 4.69) is 4.40 Å². The fourth-order valence-corrected chi connectivity index (χ4v) is 3.32. The molecule has 0 aliphatic carbocycles. The number of ether oxygens (including phenoxy) is 2. The molecule has 0 radical (unpaired) electrons. The number of esters is 1. The number of carbonyl (C=O) groups is 1. The summed E-state index contributed by atoms with van der Waals surface area (Å²) in [5.74, 6) is -4.68. The lowest BCUT2D eigenvalue weighted by atomic mass is 9.80. The van der Waals surface area contributed by atoms with Crippen LogP contribution in [0.15, 0.2) is 4.40 Å². The number of fused-ring (bicyclic) bond motifs is 1. The van der Waals surface area contributed by atoms with Crippen molar-refractivity contribution >= 4 is 21.9 Å². The van der Waals surface area contributed by atoms with E-state index in [-0.39, 0.29) is 6.42 Å². The van der Waals surface area contributed by atoms with Crippen molar-refractivity contribution in [3.63, 3.8) is 0 Å².